The van der Waals surface area contributed by atoms with E-state index in [-0.39, 0.29) is 18.5 Å². The maximum Gasteiger partial charge on any atom is 0.244 e. The van der Waals surface area contributed by atoms with Crippen molar-refractivity contribution in [1.29, 1.82) is 0 Å². The van der Waals surface area contributed by atoms with E-state index in [1.807, 2.05) is 30.3 Å². The number of ether oxygens (including phenoxy) is 1. The number of nitrogens with zero attached hydrogens (tertiary/aromatic N) is 2. The molecule has 0 bridgehead atoms. The van der Waals surface area contributed by atoms with E-state index in [9.17, 15) is 18.0 Å². The van der Waals surface area contributed by atoms with Crippen molar-refractivity contribution >= 4 is 50.7 Å². The molecule has 11 heteroatoms. The van der Waals surface area contributed by atoms with Crippen molar-refractivity contribution < 1.29 is 22.7 Å². The van der Waals surface area contributed by atoms with Crippen LogP contribution in [0.1, 0.15) is 38.2 Å². The van der Waals surface area contributed by atoms with Crippen molar-refractivity contribution in [2.45, 2.75) is 51.2 Å². The number of carbonyl (C=O) groups is 2. The van der Waals surface area contributed by atoms with E-state index < -0.39 is 28.5 Å². The molecule has 0 unspecified atom stereocenters. The van der Waals surface area contributed by atoms with Gasteiger partial charge in [-0.1, -0.05) is 60.3 Å². The van der Waals surface area contributed by atoms with E-state index in [1.54, 1.807) is 49.4 Å². The number of nitrogens with one attached hydrogen (secondary N) is 1. The zero-order chi connectivity index (χ0) is 29.6. The molecule has 3 aromatic carbocycles. The Kier molecular flexibility index (Phi) is 10.2. The number of amides is 2. The van der Waals surface area contributed by atoms with Crippen LogP contribution < -0.4 is 14.4 Å². The second-order valence-electron chi connectivity index (χ2n) is 10.1. The first-order chi connectivity index (χ1) is 19.5. The summed E-state index contributed by atoms with van der Waals surface area (Å²) in [6.45, 7) is 1.18. The Hall–Kier alpha value is -3.27. The van der Waals surface area contributed by atoms with Crippen LogP contribution in [0.4, 0.5) is 5.69 Å². The lowest BCUT2D eigenvalue weighted by molar-refractivity contribution is -0.139. The highest BCUT2D eigenvalue weighted by molar-refractivity contribution is 7.92. The molecule has 1 saturated carbocycles. The van der Waals surface area contributed by atoms with Gasteiger partial charge in [0.15, 0.2) is 0 Å². The first-order valence-electron chi connectivity index (χ1n) is 13.4. The van der Waals surface area contributed by atoms with Crippen LogP contribution >= 0.6 is 23.2 Å². The van der Waals surface area contributed by atoms with E-state index in [2.05, 4.69) is 5.32 Å². The minimum Gasteiger partial charge on any atom is -0.457 e. The van der Waals surface area contributed by atoms with Gasteiger partial charge in [-0.15, -0.1) is 0 Å². The van der Waals surface area contributed by atoms with Crippen LogP contribution in [-0.4, -0.2) is 50.0 Å². The van der Waals surface area contributed by atoms with E-state index in [1.165, 1.54) is 4.90 Å². The summed E-state index contributed by atoms with van der Waals surface area (Å²) < 4.78 is 32.5. The number of anilines is 1. The third kappa shape index (κ3) is 8.38. The fourth-order valence-electron chi connectivity index (χ4n) is 4.73. The monoisotopic (exact) mass is 617 g/mol. The number of benzene rings is 3. The summed E-state index contributed by atoms with van der Waals surface area (Å²) in [4.78, 5) is 28.3. The molecule has 0 heterocycles. The Labute approximate surface area is 251 Å². The van der Waals surface area contributed by atoms with Crippen LogP contribution in [-0.2, 0) is 26.2 Å². The van der Waals surface area contributed by atoms with Gasteiger partial charge in [-0.3, -0.25) is 13.9 Å². The van der Waals surface area contributed by atoms with Crippen LogP contribution in [0.2, 0.25) is 10.0 Å². The van der Waals surface area contributed by atoms with Crippen molar-refractivity contribution in [2.75, 3.05) is 17.1 Å². The summed E-state index contributed by atoms with van der Waals surface area (Å²) in [7, 11) is -3.86. The number of para-hydroxylation sites is 1. The SMILES string of the molecule is C[C@@H](C(=O)NC1CCCC1)N(Cc1ccc(Cl)c(Cl)c1)C(=O)CN(c1ccc(Oc2ccccc2)cc1)S(C)(=O)=O. The summed E-state index contributed by atoms with van der Waals surface area (Å²) in [6, 6.07) is 19.8. The van der Waals surface area contributed by atoms with Crippen LogP contribution in [0, 0.1) is 0 Å². The second kappa shape index (κ2) is 13.6. The van der Waals surface area contributed by atoms with E-state index in [4.69, 9.17) is 27.9 Å². The Bertz CT molecular complexity index is 1460. The average Bonchev–Trinajstić information content (AvgIpc) is 3.45. The van der Waals surface area contributed by atoms with Crippen LogP contribution in [0.3, 0.4) is 0 Å². The largest absolute Gasteiger partial charge is 0.457 e. The average molecular weight is 619 g/mol. The third-order valence-electron chi connectivity index (χ3n) is 6.99. The molecule has 8 nitrogen and oxygen atoms in total. The summed E-state index contributed by atoms with van der Waals surface area (Å²) in [5, 5.41) is 3.72. The third-order valence-corrected chi connectivity index (χ3v) is 8.87. The molecule has 0 aromatic heterocycles. The number of hydrogen-bond acceptors (Lipinski definition) is 5. The van der Waals surface area contributed by atoms with Crippen LogP contribution in [0.15, 0.2) is 72.8 Å². The molecule has 0 spiro atoms. The molecular weight excluding hydrogens is 585 g/mol. The minimum atomic E-state index is -3.86. The minimum absolute atomic E-state index is 0.0381. The van der Waals surface area contributed by atoms with Gasteiger partial charge in [-0.2, -0.15) is 0 Å². The maximum absolute atomic E-state index is 13.8. The van der Waals surface area contributed by atoms with Gasteiger partial charge in [0.2, 0.25) is 21.8 Å². The Balaban J connectivity index is 1.57. The van der Waals surface area contributed by atoms with Crippen molar-refractivity contribution in [2.24, 2.45) is 0 Å². The second-order valence-corrected chi connectivity index (χ2v) is 12.8. The zero-order valence-electron chi connectivity index (χ0n) is 22.9. The van der Waals surface area contributed by atoms with Gasteiger partial charge >= 0.3 is 0 Å². The summed E-state index contributed by atoms with van der Waals surface area (Å²) in [5.74, 6) is 0.315. The smallest absolute Gasteiger partial charge is 0.244 e. The van der Waals surface area contributed by atoms with Crippen molar-refractivity contribution in [1.82, 2.24) is 10.2 Å². The van der Waals surface area contributed by atoms with Gasteiger partial charge in [0.05, 0.1) is 22.0 Å². The first kappa shape index (κ1) is 30.7. The molecule has 41 heavy (non-hydrogen) atoms. The van der Waals surface area contributed by atoms with Crippen molar-refractivity contribution in [3.8, 4) is 11.5 Å². The molecule has 1 aliphatic rings. The van der Waals surface area contributed by atoms with Gasteiger partial charge in [0, 0.05) is 12.6 Å². The molecule has 1 aliphatic carbocycles. The first-order valence-corrected chi connectivity index (χ1v) is 16.0. The van der Waals surface area contributed by atoms with Gasteiger partial charge in [0.25, 0.3) is 0 Å². The lowest BCUT2D eigenvalue weighted by atomic mass is 10.1. The molecule has 1 N–H and O–H groups in total. The molecule has 1 atom stereocenters. The highest BCUT2D eigenvalue weighted by Gasteiger charge is 2.31. The standard InChI is InChI=1S/C30H33Cl2N3O5S/c1-21(30(37)33-23-8-6-7-9-23)34(19-22-12-17-27(31)28(32)18-22)29(36)20-35(41(2,38)39)24-13-15-26(16-14-24)40-25-10-4-3-5-11-25/h3-5,10-18,21,23H,6-9,19-20H2,1-2H3,(H,33,37)/t21-/m0/s1. The molecule has 0 aliphatic heterocycles. The van der Waals surface area contributed by atoms with E-state index in [0.29, 0.717) is 32.8 Å². The molecule has 218 valence electrons. The number of sulfonamides is 1. The maximum atomic E-state index is 13.8. The van der Waals surface area contributed by atoms with E-state index in [0.717, 1.165) is 36.2 Å². The van der Waals surface area contributed by atoms with Crippen molar-refractivity contribution in [3.05, 3.63) is 88.4 Å². The molecule has 1 fully saturated rings. The van der Waals surface area contributed by atoms with Gasteiger partial charge in [-0.25, -0.2) is 8.42 Å². The van der Waals surface area contributed by atoms with Crippen LogP contribution in [0.25, 0.3) is 0 Å². The highest BCUT2D eigenvalue weighted by atomic mass is 35.5. The summed E-state index contributed by atoms with van der Waals surface area (Å²) in [5.41, 5.74) is 0.945. The fraction of sp³-hybridized carbons (Fsp3) is 0.333. The molecule has 2 amide bonds. The van der Waals surface area contributed by atoms with Crippen LogP contribution in [0.5, 0.6) is 11.5 Å². The Morgan fingerprint density at radius 2 is 1.59 bits per heavy atom. The number of rotatable bonds is 11. The van der Waals surface area contributed by atoms with Gasteiger partial charge in [-0.05, 0) is 73.9 Å². The quantitative estimate of drug-likeness (QED) is 0.283. The number of hydrogen-bond donors (Lipinski definition) is 1. The highest BCUT2D eigenvalue weighted by Crippen LogP contribution is 2.27. The molecule has 0 saturated heterocycles. The predicted molar refractivity (Wildman–Crippen MR) is 162 cm³/mol. The number of halogens is 2. The molecule has 3 aromatic rings. The lowest BCUT2D eigenvalue weighted by Gasteiger charge is -2.32. The fourth-order valence-corrected chi connectivity index (χ4v) is 5.90. The predicted octanol–water partition coefficient (Wildman–Crippen LogP) is 6.03. The Morgan fingerprint density at radius 3 is 2.20 bits per heavy atom. The molecular formula is C30H33Cl2N3O5S. The summed E-state index contributed by atoms with van der Waals surface area (Å²) in [6.07, 6.45) is 4.91. The number of carbonyl (C=O) groups excluding carboxylic acids is 2. The normalized spacial score (nSPS) is 14.3. The topological polar surface area (TPSA) is 96.0 Å². The molecule has 4 rings (SSSR count). The van der Waals surface area contributed by atoms with E-state index >= 15 is 0 Å². The summed E-state index contributed by atoms with van der Waals surface area (Å²) >= 11 is 12.3. The Morgan fingerprint density at radius 1 is 0.951 bits per heavy atom. The van der Waals surface area contributed by atoms with Gasteiger partial charge in [0.1, 0.15) is 24.1 Å². The molecule has 0 radical (unpaired) electrons. The lowest BCUT2D eigenvalue weighted by Crippen LogP contribution is -2.52. The zero-order valence-corrected chi connectivity index (χ0v) is 25.3. The van der Waals surface area contributed by atoms with Gasteiger partial charge < -0.3 is 15.0 Å². The van der Waals surface area contributed by atoms with Crippen molar-refractivity contribution in [3.63, 3.8) is 0 Å².